The molecule has 0 spiro atoms. The van der Waals surface area contributed by atoms with Gasteiger partial charge in [-0.3, -0.25) is 19.2 Å². The minimum Gasteiger partial charge on any atom is -0.426 e. The van der Waals surface area contributed by atoms with Gasteiger partial charge in [0, 0.05) is 48.9 Å². The van der Waals surface area contributed by atoms with E-state index in [0.29, 0.717) is 11.1 Å². The van der Waals surface area contributed by atoms with Crippen molar-refractivity contribution in [2.45, 2.75) is 57.7 Å². The molecule has 218 valence electrons. The van der Waals surface area contributed by atoms with Crippen LogP contribution in [-0.2, 0) is 34.8 Å². The summed E-state index contributed by atoms with van der Waals surface area (Å²) in [6, 6.07) is 15.7. The van der Waals surface area contributed by atoms with Crippen molar-refractivity contribution in [2.24, 2.45) is 0 Å². The van der Waals surface area contributed by atoms with Crippen molar-refractivity contribution in [3.05, 3.63) is 88.0 Å². The van der Waals surface area contributed by atoms with E-state index in [2.05, 4.69) is 0 Å². The van der Waals surface area contributed by atoms with Gasteiger partial charge in [0.25, 0.3) is 0 Å². The minimum absolute atomic E-state index is 0.0762. The lowest BCUT2D eigenvalue weighted by Gasteiger charge is -2.51. The first-order valence-corrected chi connectivity index (χ1v) is 14.1. The molecule has 10 nitrogen and oxygen atoms in total. The molecule has 4 atom stereocenters. The van der Waals surface area contributed by atoms with Crippen molar-refractivity contribution in [2.75, 3.05) is 6.61 Å². The molecular formula is C32H27BO10. The van der Waals surface area contributed by atoms with E-state index in [1.165, 1.54) is 13.8 Å². The van der Waals surface area contributed by atoms with Crippen LogP contribution in [0.4, 0.5) is 0 Å². The molecule has 0 saturated carbocycles. The number of carbonyl (C=O) groups excluding carboxylic acids is 4. The molecule has 0 N–H and O–H groups in total. The molecule has 3 aromatic rings. The molecule has 2 bridgehead atoms. The summed E-state index contributed by atoms with van der Waals surface area (Å²) in [7, 11) is -0.843. The number of benzene rings is 3. The number of rotatable bonds is 4. The van der Waals surface area contributed by atoms with Gasteiger partial charge >= 0.3 is 19.1 Å². The van der Waals surface area contributed by atoms with Gasteiger partial charge in [-0.25, -0.2) is 0 Å². The number of ether oxygens (including phenoxy) is 4. The first kappa shape index (κ1) is 27.7. The second-order valence-corrected chi connectivity index (χ2v) is 11.1. The van der Waals surface area contributed by atoms with Gasteiger partial charge in [-0.15, -0.1) is 0 Å². The maximum atomic E-state index is 14.1. The van der Waals surface area contributed by atoms with Crippen LogP contribution in [0.15, 0.2) is 54.6 Å². The summed E-state index contributed by atoms with van der Waals surface area (Å²) in [5, 5.41) is 0. The molecule has 2 unspecified atom stereocenters. The van der Waals surface area contributed by atoms with Crippen molar-refractivity contribution in [3.8, 4) is 11.5 Å². The van der Waals surface area contributed by atoms with Crippen LogP contribution in [0.3, 0.4) is 0 Å². The van der Waals surface area contributed by atoms with Gasteiger partial charge in [-0.2, -0.15) is 0 Å². The molecular weight excluding hydrogens is 555 g/mol. The Morgan fingerprint density at radius 1 is 0.884 bits per heavy atom. The van der Waals surface area contributed by atoms with Crippen LogP contribution >= 0.6 is 0 Å². The van der Waals surface area contributed by atoms with Crippen molar-refractivity contribution >= 4 is 36.1 Å². The van der Waals surface area contributed by atoms with E-state index in [-0.39, 0.29) is 53.2 Å². The fourth-order valence-corrected chi connectivity index (χ4v) is 6.65. The van der Waals surface area contributed by atoms with Crippen LogP contribution in [0.5, 0.6) is 11.5 Å². The molecule has 3 aromatic carbocycles. The van der Waals surface area contributed by atoms with E-state index in [9.17, 15) is 19.2 Å². The standard InChI is InChI=1S/C32H27BO10/c1-16(34)39-30-22-13-32(24-15-38-18(3)41-24)14-23(42-33(43-32)19-9-5-4-6-10-19)25(22)31(40-17(2)35)27-26(30)28(36)20-11-7-8-12-21(20)29(27)37/h4-12,18,23-24H,13-15H2,1-3H3/t18-,23?,24-,32?/m1/s1. The molecule has 2 aliphatic heterocycles. The fourth-order valence-electron chi connectivity index (χ4n) is 6.65. The number of fused-ring (bicyclic) bond motifs is 6. The van der Waals surface area contributed by atoms with E-state index >= 15 is 0 Å². The Labute approximate surface area is 247 Å². The largest absolute Gasteiger partial charge is 0.494 e. The molecule has 2 aliphatic carbocycles. The normalized spacial score (nSPS) is 25.5. The van der Waals surface area contributed by atoms with Crippen molar-refractivity contribution in [1.29, 1.82) is 0 Å². The topological polar surface area (TPSA) is 124 Å². The monoisotopic (exact) mass is 582 g/mol. The molecule has 0 aromatic heterocycles. The minimum atomic E-state index is -1.04. The molecule has 0 amide bonds. The Morgan fingerprint density at radius 3 is 2.09 bits per heavy atom. The average molecular weight is 582 g/mol. The van der Waals surface area contributed by atoms with E-state index in [1.807, 2.05) is 30.3 Å². The Hall–Kier alpha value is -4.16. The quantitative estimate of drug-likeness (QED) is 0.201. The van der Waals surface area contributed by atoms with Crippen LogP contribution in [0.25, 0.3) is 0 Å². The highest BCUT2D eigenvalue weighted by Crippen LogP contribution is 2.56. The van der Waals surface area contributed by atoms with Gasteiger partial charge in [-0.05, 0) is 12.4 Å². The molecule has 0 radical (unpaired) electrons. The lowest BCUT2D eigenvalue weighted by Crippen LogP contribution is -2.61. The molecule has 2 fully saturated rings. The molecule has 2 heterocycles. The Kier molecular flexibility index (Phi) is 6.59. The molecule has 11 heteroatoms. The Bertz CT molecular complexity index is 1700. The Balaban J connectivity index is 1.51. The molecule has 43 heavy (non-hydrogen) atoms. The summed E-state index contributed by atoms with van der Waals surface area (Å²) in [5.74, 6) is -2.58. The van der Waals surface area contributed by atoms with E-state index < -0.39 is 54.7 Å². The second-order valence-electron chi connectivity index (χ2n) is 11.1. The lowest BCUT2D eigenvalue weighted by atomic mass is 9.66. The number of hydrogen-bond acceptors (Lipinski definition) is 10. The third kappa shape index (κ3) is 4.42. The first-order chi connectivity index (χ1) is 20.7. The third-order valence-corrected chi connectivity index (χ3v) is 8.37. The summed E-state index contributed by atoms with van der Waals surface area (Å²) in [5.41, 5.74) is 0.479. The van der Waals surface area contributed by atoms with Crippen molar-refractivity contribution in [3.63, 3.8) is 0 Å². The highest BCUT2D eigenvalue weighted by atomic mass is 16.7. The van der Waals surface area contributed by atoms with Gasteiger partial charge in [0.15, 0.2) is 17.9 Å². The summed E-state index contributed by atoms with van der Waals surface area (Å²) in [6.45, 7) is 4.47. The fraction of sp³-hybridized carbons (Fsp3) is 0.312. The zero-order valence-corrected chi connectivity index (χ0v) is 23.7. The van der Waals surface area contributed by atoms with Crippen LogP contribution in [0, 0.1) is 0 Å². The summed E-state index contributed by atoms with van der Waals surface area (Å²) >= 11 is 0. The van der Waals surface area contributed by atoms with Gasteiger partial charge in [0.05, 0.1) is 29.4 Å². The zero-order valence-electron chi connectivity index (χ0n) is 23.7. The molecule has 4 aliphatic rings. The average Bonchev–Trinajstić information content (AvgIpc) is 3.43. The zero-order chi connectivity index (χ0) is 30.0. The number of carbonyl (C=O) groups is 4. The van der Waals surface area contributed by atoms with Crippen LogP contribution in [-0.4, -0.2) is 55.2 Å². The molecule has 2 saturated heterocycles. The predicted octanol–water partition coefficient (Wildman–Crippen LogP) is 3.24. The van der Waals surface area contributed by atoms with Crippen LogP contribution in [0.1, 0.15) is 76.3 Å². The van der Waals surface area contributed by atoms with Gasteiger partial charge in [0.2, 0.25) is 0 Å². The highest BCUT2D eigenvalue weighted by molar-refractivity contribution is 6.61. The highest BCUT2D eigenvalue weighted by Gasteiger charge is 2.58. The Morgan fingerprint density at radius 2 is 1.49 bits per heavy atom. The third-order valence-electron chi connectivity index (χ3n) is 8.37. The van der Waals surface area contributed by atoms with Crippen molar-refractivity contribution in [1.82, 2.24) is 0 Å². The summed E-state index contributed by atoms with van der Waals surface area (Å²) in [6.07, 6.45) is -1.46. The van der Waals surface area contributed by atoms with Gasteiger partial charge in [-0.1, -0.05) is 54.6 Å². The van der Waals surface area contributed by atoms with Gasteiger partial charge < -0.3 is 28.3 Å². The van der Waals surface area contributed by atoms with Gasteiger partial charge in [0.1, 0.15) is 17.6 Å². The maximum absolute atomic E-state index is 14.1. The predicted molar refractivity (Wildman–Crippen MR) is 150 cm³/mol. The maximum Gasteiger partial charge on any atom is 0.494 e. The smallest absolute Gasteiger partial charge is 0.426 e. The first-order valence-electron chi connectivity index (χ1n) is 14.1. The number of esters is 2. The van der Waals surface area contributed by atoms with E-state index in [1.54, 1.807) is 31.2 Å². The van der Waals surface area contributed by atoms with Crippen molar-refractivity contribution < 1.29 is 47.4 Å². The van der Waals surface area contributed by atoms with E-state index in [0.717, 1.165) is 5.46 Å². The summed E-state index contributed by atoms with van der Waals surface area (Å²) < 4.78 is 36.8. The molecule has 7 rings (SSSR count). The van der Waals surface area contributed by atoms with Crippen LogP contribution in [0.2, 0.25) is 0 Å². The number of ketones is 2. The van der Waals surface area contributed by atoms with Crippen LogP contribution < -0.4 is 14.9 Å². The lowest BCUT2D eigenvalue weighted by molar-refractivity contribution is -0.147. The summed E-state index contributed by atoms with van der Waals surface area (Å²) in [4.78, 5) is 53.2. The number of hydrogen-bond donors (Lipinski definition) is 0. The second kappa shape index (κ2) is 10.2. The SMILES string of the molecule is CC(=O)Oc1c2c(c(OC(C)=O)c3c1C(=O)c1ccccc1C3=O)C1CC([C@H]3CO[C@@H](C)O3)(C2)OB(c2ccccc2)O1. The van der Waals surface area contributed by atoms with E-state index in [4.69, 9.17) is 28.3 Å².